The van der Waals surface area contributed by atoms with Crippen LogP contribution in [0.5, 0.6) is 5.75 Å². The van der Waals surface area contributed by atoms with E-state index in [0.29, 0.717) is 0 Å². The highest BCUT2D eigenvalue weighted by Crippen LogP contribution is 2.29. The van der Waals surface area contributed by atoms with Gasteiger partial charge in [-0.2, -0.15) is 0 Å². The Balaban J connectivity index is 0.00000144. The molecule has 0 unspecified atom stereocenters. The van der Waals surface area contributed by atoms with Gasteiger partial charge in [0.2, 0.25) is 0 Å². The molecule has 0 aliphatic carbocycles. The highest BCUT2D eigenvalue weighted by molar-refractivity contribution is 5.85. The van der Waals surface area contributed by atoms with E-state index in [-0.39, 0.29) is 12.4 Å². The molecule has 0 radical (unpaired) electrons. The van der Waals surface area contributed by atoms with E-state index in [1.165, 1.54) is 16.7 Å². The fourth-order valence-corrected chi connectivity index (χ4v) is 2.81. The Morgan fingerprint density at radius 3 is 2.82 bits per heavy atom. The molecule has 1 aliphatic rings. The summed E-state index contributed by atoms with van der Waals surface area (Å²) in [5, 5.41) is 3.37. The molecule has 4 nitrogen and oxygen atoms in total. The van der Waals surface area contributed by atoms with E-state index in [1.54, 1.807) is 0 Å². The highest BCUT2D eigenvalue weighted by Gasteiger charge is 2.10. The lowest BCUT2D eigenvalue weighted by molar-refractivity contribution is 0.326. The van der Waals surface area contributed by atoms with Crippen molar-refractivity contribution in [3.63, 3.8) is 0 Å². The number of fused-ring (bicyclic) bond motifs is 2. The van der Waals surface area contributed by atoms with Crippen LogP contribution in [0, 0.1) is 6.92 Å². The van der Waals surface area contributed by atoms with E-state index < -0.39 is 0 Å². The first kappa shape index (κ1) is 14.9. The van der Waals surface area contributed by atoms with Crippen LogP contribution in [0.25, 0.3) is 22.2 Å². The van der Waals surface area contributed by atoms with Crippen LogP contribution in [0.2, 0.25) is 0 Å². The molecule has 0 saturated heterocycles. The van der Waals surface area contributed by atoms with Gasteiger partial charge in [-0.25, -0.2) is 4.98 Å². The standard InChI is InChI=1S/C17H17N3O.ClH/c1-11-19-15-4-2-13(9-16(15)20-11)12-3-5-17-14(8-12)10-18-6-7-21-17;/h2-5,8-9,18H,6-7,10H2,1H3,(H,19,20);1H. The summed E-state index contributed by atoms with van der Waals surface area (Å²) in [5.74, 6) is 1.93. The van der Waals surface area contributed by atoms with E-state index in [0.717, 1.165) is 42.3 Å². The van der Waals surface area contributed by atoms with Gasteiger partial charge < -0.3 is 15.0 Å². The molecule has 0 amide bonds. The van der Waals surface area contributed by atoms with Gasteiger partial charge in [-0.05, 0) is 42.3 Å². The molecule has 2 aromatic carbocycles. The molecule has 2 heterocycles. The van der Waals surface area contributed by atoms with Gasteiger partial charge >= 0.3 is 0 Å². The Morgan fingerprint density at radius 2 is 1.91 bits per heavy atom. The number of nitrogens with one attached hydrogen (secondary N) is 2. The molecule has 1 aliphatic heterocycles. The van der Waals surface area contributed by atoms with Crippen molar-refractivity contribution < 1.29 is 4.74 Å². The number of rotatable bonds is 1. The molecular weight excluding hydrogens is 298 g/mol. The third kappa shape index (κ3) is 2.67. The lowest BCUT2D eigenvalue weighted by Gasteiger charge is -2.09. The normalized spacial score (nSPS) is 13.9. The largest absolute Gasteiger partial charge is 0.492 e. The first-order valence-electron chi connectivity index (χ1n) is 7.23. The van der Waals surface area contributed by atoms with Crippen LogP contribution in [0.3, 0.4) is 0 Å². The zero-order chi connectivity index (χ0) is 14.2. The predicted octanol–water partition coefficient (Wildman–Crippen LogP) is 3.44. The van der Waals surface area contributed by atoms with Gasteiger partial charge in [0.05, 0.1) is 11.0 Å². The van der Waals surface area contributed by atoms with Crippen LogP contribution in [-0.4, -0.2) is 23.1 Å². The number of nitrogens with zero attached hydrogens (tertiary/aromatic N) is 1. The molecule has 5 heteroatoms. The fourth-order valence-electron chi connectivity index (χ4n) is 2.81. The molecule has 0 atom stereocenters. The van der Waals surface area contributed by atoms with Crippen LogP contribution >= 0.6 is 12.4 Å². The molecule has 0 fully saturated rings. The predicted molar refractivity (Wildman–Crippen MR) is 90.7 cm³/mol. The van der Waals surface area contributed by atoms with Crippen molar-refractivity contribution in [3.8, 4) is 16.9 Å². The lowest BCUT2D eigenvalue weighted by atomic mass is 10.0. The van der Waals surface area contributed by atoms with Crippen molar-refractivity contribution in [1.82, 2.24) is 15.3 Å². The maximum Gasteiger partial charge on any atom is 0.123 e. The number of aromatic nitrogens is 2. The van der Waals surface area contributed by atoms with Crippen molar-refractivity contribution in [2.75, 3.05) is 13.2 Å². The average Bonchev–Trinajstić information content (AvgIpc) is 2.71. The average molecular weight is 316 g/mol. The SMILES string of the molecule is Cc1nc2cc(-c3ccc4c(c3)CNCCO4)ccc2[nH]1.Cl. The van der Waals surface area contributed by atoms with E-state index in [1.807, 2.05) is 6.92 Å². The number of halogens is 1. The molecule has 3 aromatic rings. The van der Waals surface area contributed by atoms with Gasteiger partial charge in [0, 0.05) is 18.7 Å². The smallest absolute Gasteiger partial charge is 0.123 e. The number of imidazole rings is 1. The third-order valence-electron chi connectivity index (χ3n) is 3.85. The van der Waals surface area contributed by atoms with E-state index in [4.69, 9.17) is 4.74 Å². The van der Waals surface area contributed by atoms with Gasteiger partial charge in [-0.3, -0.25) is 0 Å². The minimum Gasteiger partial charge on any atom is -0.492 e. The number of aryl methyl sites for hydroxylation is 1. The minimum atomic E-state index is 0. The first-order valence-corrected chi connectivity index (χ1v) is 7.23. The number of H-pyrrole nitrogens is 1. The minimum absolute atomic E-state index is 0. The van der Waals surface area contributed by atoms with Crippen LogP contribution < -0.4 is 10.1 Å². The summed E-state index contributed by atoms with van der Waals surface area (Å²) >= 11 is 0. The molecule has 2 N–H and O–H groups in total. The van der Waals surface area contributed by atoms with Gasteiger partial charge in [-0.15, -0.1) is 12.4 Å². The van der Waals surface area contributed by atoms with Crippen LogP contribution in [0.15, 0.2) is 36.4 Å². The summed E-state index contributed by atoms with van der Waals surface area (Å²) in [4.78, 5) is 7.76. The van der Waals surface area contributed by atoms with Crippen LogP contribution in [0.4, 0.5) is 0 Å². The highest BCUT2D eigenvalue weighted by atomic mass is 35.5. The summed E-state index contributed by atoms with van der Waals surface area (Å²) in [6.07, 6.45) is 0. The van der Waals surface area contributed by atoms with Gasteiger partial charge in [0.15, 0.2) is 0 Å². The van der Waals surface area contributed by atoms with Crippen molar-refractivity contribution in [3.05, 3.63) is 47.8 Å². The second kappa shape index (κ2) is 5.99. The second-order valence-corrected chi connectivity index (χ2v) is 5.40. The number of hydrogen-bond acceptors (Lipinski definition) is 3. The van der Waals surface area contributed by atoms with E-state index in [9.17, 15) is 0 Å². The first-order chi connectivity index (χ1) is 10.3. The topological polar surface area (TPSA) is 49.9 Å². The van der Waals surface area contributed by atoms with Gasteiger partial charge in [0.25, 0.3) is 0 Å². The van der Waals surface area contributed by atoms with Crippen molar-refractivity contribution in [2.24, 2.45) is 0 Å². The van der Waals surface area contributed by atoms with Gasteiger partial charge in [-0.1, -0.05) is 12.1 Å². The van der Waals surface area contributed by atoms with Crippen molar-refractivity contribution in [1.29, 1.82) is 0 Å². The van der Waals surface area contributed by atoms with Crippen LogP contribution in [0.1, 0.15) is 11.4 Å². The molecule has 22 heavy (non-hydrogen) atoms. The Hall–Kier alpha value is -2.04. The van der Waals surface area contributed by atoms with Gasteiger partial charge in [0.1, 0.15) is 18.2 Å². The molecule has 0 bridgehead atoms. The number of benzene rings is 2. The van der Waals surface area contributed by atoms with Crippen LogP contribution in [-0.2, 0) is 6.54 Å². The summed E-state index contributed by atoms with van der Waals surface area (Å²) in [6, 6.07) is 12.7. The monoisotopic (exact) mass is 315 g/mol. The van der Waals surface area contributed by atoms with Crippen molar-refractivity contribution in [2.45, 2.75) is 13.5 Å². The quantitative estimate of drug-likeness (QED) is 0.723. The van der Waals surface area contributed by atoms with Crippen molar-refractivity contribution >= 4 is 23.4 Å². The zero-order valence-corrected chi connectivity index (χ0v) is 13.2. The Morgan fingerprint density at radius 1 is 1.09 bits per heavy atom. The fraction of sp³-hybridized carbons (Fsp3) is 0.235. The molecule has 114 valence electrons. The lowest BCUT2D eigenvalue weighted by Crippen LogP contribution is -2.16. The number of ether oxygens (including phenoxy) is 1. The maximum atomic E-state index is 5.73. The molecule has 1 aromatic heterocycles. The Kier molecular flexibility index (Phi) is 4.05. The molecule has 0 spiro atoms. The molecular formula is C17H18ClN3O. The molecule has 0 saturated carbocycles. The summed E-state index contributed by atoms with van der Waals surface area (Å²) in [5.41, 5.74) is 5.68. The third-order valence-corrected chi connectivity index (χ3v) is 3.85. The Bertz CT molecular complexity index is 813. The second-order valence-electron chi connectivity index (χ2n) is 5.40. The van der Waals surface area contributed by atoms with E-state index >= 15 is 0 Å². The number of hydrogen-bond donors (Lipinski definition) is 2. The summed E-state index contributed by atoms with van der Waals surface area (Å²) in [6.45, 7) is 4.45. The Labute approximate surface area is 135 Å². The zero-order valence-electron chi connectivity index (χ0n) is 12.3. The summed E-state index contributed by atoms with van der Waals surface area (Å²) in [7, 11) is 0. The summed E-state index contributed by atoms with van der Waals surface area (Å²) < 4.78 is 5.73. The van der Waals surface area contributed by atoms with E-state index in [2.05, 4.69) is 51.7 Å². The molecule has 4 rings (SSSR count). The maximum absolute atomic E-state index is 5.73. The number of aromatic amines is 1.